The number of halogens is 1. The number of likely N-dealkylation sites (N-methyl/N-ethyl adjacent to an activating group) is 1. The highest BCUT2D eigenvalue weighted by atomic mass is 35.5. The van der Waals surface area contributed by atoms with Gasteiger partial charge in [-0.05, 0) is 38.1 Å². The minimum atomic E-state index is 0. The summed E-state index contributed by atoms with van der Waals surface area (Å²) in [5.41, 5.74) is 0.857. The number of amides is 2. The lowest BCUT2D eigenvalue weighted by Gasteiger charge is -2.34. The van der Waals surface area contributed by atoms with E-state index in [-0.39, 0.29) is 36.8 Å². The van der Waals surface area contributed by atoms with Crippen LogP contribution >= 0.6 is 24.2 Å². The van der Waals surface area contributed by atoms with E-state index in [4.69, 9.17) is 0 Å². The zero-order valence-electron chi connectivity index (χ0n) is 13.2. The van der Waals surface area contributed by atoms with Gasteiger partial charge in [-0.15, -0.1) is 24.2 Å². The Morgan fingerprint density at radius 1 is 1.35 bits per heavy atom. The van der Waals surface area contributed by atoms with Crippen LogP contribution in [0.3, 0.4) is 0 Å². The fourth-order valence-corrected chi connectivity index (χ4v) is 3.91. The van der Waals surface area contributed by atoms with Crippen LogP contribution in [-0.2, 0) is 9.59 Å². The zero-order chi connectivity index (χ0) is 15.5. The SMILES string of the molecule is CN(C(=O)CN1C(=O)CSc2ccccc21)C1CCNCC1.Cl. The highest BCUT2D eigenvalue weighted by Gasteiger charge is 2.29. The van der Waals surface area contributed by atoms with Crippen LogP contribution in [0, 0.1) is 0 Å². The molecule has 0 radical (unpaired) electrons. The van der Waals surface area contributed by atoms with E-state index in [2.05, 4.69) is 5.32 Å². The van der Waals surface area contributed by atoms with Crippen molar-refractivity contribution in [3.63, 3.8) is 0 Å². The van der Waals surface area contributed by atoms with Crippen LogP contribution in [-0.4, -0.2) is 55.2 Å². The minimum absolute atomic E-state index is 0. The van der Waals surface area contributed by atoms with Crippen LogP contribution < -0.4 is 10.2 Å². The molecule has 5 nitrogen and oxygen atoms in total. The molecule has 0 unspecified atom stereocenters. The Hall–Kier alpha value is -1.24. The second-order valence-electron chi connectivity index (χ2n) is 5.72. The molecule has 0 spiro atoms. The number of fused-ring (bicyclic) bond motifs is 1. The first-order valence-electron chi connectivity index (χ1n) is 7.65. The van der Waals surface area contributed by atoms with E-state index >= 15 is 0 Å². The number of carbonyl (C=O) groups excluding carboxylic acids is 2. The topological polar surface area (TPSA) is 52.7 Å². The quantitative estimate of drug-likeness (QED) is 0.897. The Kier molecular flexibility index (Phi) is 6.33. The van der Waals surface area contributed by atoms with Crippen molar-refractivity contribution in [2.45, 2.75) is 23.8 Å². The van der Waals surface area contributed by atoms with E-state index in [9.17, 15) is 9.59 Å². The van der Waals surface area contributed by atoms with Gasteiger partial charge in [0.05, 0.1) is 11.4 Å². The first-order valence-corrected chi connectivity index (χ1v) is 8.64. The molecule has 0 saturated carbocycles. The average Bonchev–Trinajstić information content (AvgIpc) is 2.57. The van der Waals surface area contributed by atoms with Gasteiger partial charge >= 0.3 is 0 Å². The van der Waals surface area contributed by atoms with Crippen LogP contribution in [0.25, 0.3) is 0 Å². The van der Waals surface area contributed by atoms with Gasteiger partial charge in [-0.1, -0.05) is 12.1 Å². The Morgan fingerprint density at radius 3 is 2.78 bits per heavy atom. The highest BCUT2D eigenvalue weighted by Crippen LogP contribution is 2.34. The lowest BCUT2D eigenvalue weighted by atomic mass is 10.1. The fraction of sp³-hybridized carbons (Fsp3) is 0.500. The maximum atomic E-state index is 12.6. The highest BCUT2D eigenvalue weighted by molar-refractivity contribution is 8.00. The molecule has 1 aromatic rings. The standard InChI is InChI=1S/C16H21N3O2S.ClH/c1-18(12-6-8-17-9-7-12)15(20)10-19-13-4-2-3-5-14(13)22-11-16(19)21;/h2-5,12,17H,6-11H2,1H3;1H. The average molecular weight is 356 g/mol. The molecule has 0 aliphatic carbocycles. The lowest BCUT2D eigenvalue weighted by molar-refractivity contribution is -0.132. The Balaban J connectivity index is 0.00000192. The number of piperidine rings is 1. The van der Waals surface area contributed by atoms with E-state index in [0.29, 0.717) is 5.75 Å². The number of nitrogens with one attached hydrogen (secondary N) is 1. The predicted octanol–water partition coefficient (Wildman–Crippen LogP) is 1.76. The molecule has 3 rings (SSSR count). The summed E-state index contributed by atoms with van der Waals surface area (Å²) >= 11 is 1.54. The van der Waals surface area contributed by atoms with Crippen molar-refractivity contribution in [3.05, 3.63) is 24.3 Å². The van der Waals surface area contributed by atoms with Gasteiger partial charge < -0.3 is 15.1 Å². The van der Waals surface area contributed by atoms with Crippen molar-refractivity contribution in [2.75, 3.05) is 37.3 Å². The summed E-state index contributed by atoms with van der Waals surface area (Å²) in [5, 5.41) is 3.30. The minimum Gasteiger partial charge on any atom is -0.341 e. The maximum absolute atomic E-state index is 12.6. The second-order valence-corrected chi connectivity index (χ2v) is 6.74. The number of para-hydroxylation sites is 1. The Bertz CT molecular complexity index is 578. The van der Waals surface area contributed by atoms with Crippen LogP contribution in [0.5, 0.6) is 0 Å². The van der Waals surface area contributed by atoms with E-state index in [1.165, 1.54) is 11.8 Å². The third-order valence-corrected chi connectivity index (χ3v) is 5.40. The van der Waals surface area contributed by atoms with Gasteiger partial charge in [-0.3, -0.25) is 9.59 Å². The molecule has 1 fully saturated rings. The summed E-state index contributed by atoms with van der Waals surface area (Å²) < 4.78 is 0. The van der Waals surface area contributed by atoms with Crippen LogP contribution in [0.4, 0.5) is 5.69 Å². The van der Waals surface area contributed by atoms with Crippen molar-refractivity contribution in [3.8, 4) is 0 Å². The van der Waals surface area contributed by atoms with E-state index in [1.54, 1.807) is 4.90 Å². The lowest BCUT2D eigenvalue weighted by Crippen LogP contribution is -2.49. The largest absolute Gasteiger partial charge is 0.341 e. The Labute approximate surface area is 147 Å². The fourth-order valence-electron chi connectivity index (χ4n) is 2.97. The van der Waals surface area contributed by atoms with E-state index in [0.717, 1.165) is 36.5 Å². The van der Waals surface area contributed by atoms with Crippen LogP contribution in [0.1, 0.15) is 12.8 Å². The monoisotopic (exact) mass is 355 g/mol. The van der Waals surface area contributed by atoms with Gasteiger partial charge in [0.2, 0.25) is 11.8 Å². The number of carbonyl (C=O) groups is 2. The number of anilines is 1. The molecule has 0 aromatic heterocycles. The second kappa shape index (κ2) is 8.04. The maximum Gasteiger partial charge on any atom is 0.242 e. The number of hydrogen-bond donors (Lipinski definition) is 1. The third-order valence-electron chi connectivity index (χ3n) is 4.35. The molecule has 2 heterocycles. The van der Waals surface area contributed by atoms with Gasteiger partial charge in [-0.25, -0.2) is 0 Å². The summed E-state index contributed by atoms with van der Waals surface area (Å²) in [5.74, 6) is 0.430. The van der Waals surface area contributed by atoms with Gasteiger partial charge in [0.1, 0.15) is 6.54 Å². The van der Waals surface area contributed by atoms with Crippen molar-refractivity contribution >= 4 is 41.7 Å². The summed E-state index contributed by atoms with van der Waals surface area (Å²) in [6.07, 6.45) is 1.95. The normalized spacial score (nSPS) is 18.1. The van der Waals surface area contributed by atoms with Crippen molar-refractivity contribution in [1.82, 2.24) is 10.2 Å². The summed E-state index contributed by atoms with van der Waals surface area (Å²) in [7, 11) is 1.85. The molecular formula is C16H22ClN3O2S. The molecule has 0 bridgehead atoms. The van der Waals surface area contributed by atoms with Crippen molar-refractivity contribution in [2.24, 2.45) is 0 Å². The molecule has 2 aliphatic rings. The number of benzene rings is 1. The number of hydrogen-bond acceptors (Lipinski definition) is 4. The molecule has 23 heavy (non-hydrogen) atoms. The van der Waals surface area contributed by atoms with Crippen molar-refractivity contribution < 1.29 is 9.59 Å². The number of nitrogens with zero attached hydrogens (tertiary/aromatic N) is 2. The molecule has 2 amide bonds. The van der Waals surface area contributed by atoms with E-state index in [1.807, 2.05) is 36.2 Å². The number of thioether (sulfide) groups is 1. The van der Waals surface area contributed by atoms with Crippen LogP contribution in [0.15, 0.2) is 29.2 Å². The number of rotatable bonds is 3. The van der Waals surface area contributed by atoms with E-state index < -0.39 is 0 Å². The predicted molar refractivity (Wildman–Crippen MR) is 95.4 cm³/mol. The third kappa shape index (κ3) is 4.00. The van der Waals surface area contributed by atoms with Gasteiger partial charge in [0.15, 0.2) is 0 Å². The summed E-state index contributed by atoms with van der Waals surface area (Å²) in [6, 6.07) is 8.06. The molecule has 1 aromatic carbocycles. The first kappa shape index (κ1) is 18.1. The summed E-state index contributed by atoms with van der Waals surface area (Å²) in [4.78, 5) is 29.3. The molecule has 7 heteroatoms. The molecule has 1 saturated heterocycles. The van der Waals surface area contributed by atoms with Crippen LogP contribution in [0.2, 0.25) is 0 Å². The van der Waals surface area contributed by atoms with Crippen molar-refractivity contribution in [1.29, 1.82) is 0 Å². The molecule has 1 N–H and O–H groups in total. The van der Waals surface area contributed by atoms with Gasteiger partial charge in [0, 0.05) is 18.0 Å². The molecule has 126 valence electrons. The smallest absolute Gasteiger partial charge is 0.242 e. The zero-order valence-corrected chi connectivity index (χ0v) is 14.8. The molecular weight excluding hydrogens is 334 g/mol. The summed E-state index contributed by atoms with van der Waals surface area (Å²) in [6.45, 7) is 2.03. The Morgan fingerprint density at radius 2 is 2.04 bits per heavy atom. The van der Waals surface area contributed by atoms with Gasteiger partial charge in [-0.2, -0.15) is 0 Å². The van der Waals surface area contributed by atoms with Gasteiger partial charge in [0.25, 0.3) is 0 Å². The first-order chi connectivity index (χ1) is 10.7. The molecule has 2 aliphatic heterocycles. The molecule has 0 atom stereocenters.